The normalized spacial score (nSPS) is 10.5. The standard InChI is InChI=1S/C17H15NO2/c1-19-14-6-3-12(4-7-14)17-15-9-10-18-11-13(15)5-8-16(17)20-2/h3-11H,1-2H3. The van der Waals surface area contributed by atoms with Crippen LogP contribution in [-0.4, -0.2) is 19.2 Å². The first-order valence-corrected chi connectivity index (χ1v) is 6.38. The number of aromatic nitrogens is 1. The topological polar surface area (TPSA) is 31.4 Å². The molecule has 0 N–H and O–H groups in total. The summed E-state index contributed by atoms with van der Waals surface area (Å²) in [6.45, 7) is 0. The molecule has 0 aliphatic carbocycles. The van der Waals surface area contributed by atoms with Crippen LogP contribution in [-0.2, 0) is 0 Å². The van der Waals surface area contributed by atoms with Gasteiger partial charge in [-0.15, -0.1) is 0 Å². The average Bonchev–Trinajstić information content (AvgIpc) is 2.54. The number of ether oxygens (including phenoxy) is 2. The van der Waals surface area contributed by atoms with Crippen molar-refractivity contribution < 1.29 is 9.47 Å². The highest BCUT2D eigenvalue weighted by molar-refractivity contribution is 5.99. The van der Waals surface area contributed by atoms with Gasteiger partial charge in [-0.05, 0) is 41.3 Å². The Balaban J connectivity index is 2.26. The molecule has 0 saturated heterocycles. The number of benzene rings is 2. The minimum absolute atomic E-state index is 0.842. The smallest absolute Gasteiger partial charge is 0.127 e. The van der Waals surface area contributed by atoms with Gasteiger partial charge in [0.15, 0.2) is 0 Å². The van der Waals surface area contributed by atoms with Crippen molar-refractivity contribution in [1.82, 2.24) is 4.98 Å². The summed E-state index contributed by atoms with van der Waals surface area (Å²) in [5.41, 5.74) is 2.18. The Morgan fingerprint density at radius 1 is 0.850 bits per heavy atom. The van der Waals surface area contributed by atoms with E-state index in [1.165, 1.54) is 0 Å². The molecule has 0 amide bonds. The number of pyridine rings is 1. The van der Waals surface area contributed by atoms with Crippen LogP contribution in [0.3, 0.4) is 0 Å². The summed E-state index contributed by atoms with van der Waals surface area (Å²) in [4.78, 5) is 4.17. The van der Waals surface area contributed by atoms with Crippen molar-refractivity contribution in [1.29, 1.82) is 0 Å². The summed E-state index contributed by atoms with van der Waals surface area (Å²) in [7, 11) is 3.36. The molecule has 100 valence electrons. The Hall–Kier alpha value is -2.55. The number of methoxy groups -OCH3 is 2. The van der Waals surface area contributed by atoms with Crippen LogP contribution < -0.4 is 9.47 Å². The van der Waals surface area contributed by atoms with Gasteiger partial charge in [-0.25, -0.2) is 0 Å². The molecule has 3 heteroatoms. The Morgan fingerprint density at radius 3 is 2.35 bits per heavy atom. The zero-order valence-electron chi connectivity index (χ0n) is 11.5. The van der Waals surface area contributed by atoms with E-state index in [1.54, 1.807) is 20.4 Å². The molecule has 3 rings (SSSR count). The van der Waals surface area contributed by atoms with Crippen LogP contribution in [0.1, 0.15) is 0 Å². The molecular formula is C17H15NO2. The van der Waals surface area contributed by atoms with E-state index in [1.807, 2.05) is 48.7 Å². The summed E-state index contributed by atoms with van der Waals surface area (Å²) in [5, 5.41) is 2.23. The van der Waals surface area contributed by atoms with Crippen molar-refractivity contribution in [2.24, 2.45) is 0 Å². The van der Waals surface area contributed by atoms with Gasteiger partial charge in [0.25, 0.3) is 0 Å². The second-order valence-corrected chi connectivity index (χ2v) is 4.47. The van der Waals surface area contributed by atoms with Crippen LogP contribution in [0.25, 0.3) is 21.9 Å². The van der Waals surface area contributed by atoms with Gasteiger partial charge in [0.2, 0.25) is 0 Å². The first kappa shape index (κ1) is 12.5. The number of nitrogens with zero attached hydrogens (tertiary/aromatic N) is 1. The molecule has 1 heterocycles. The Bertz CT molecular complexity index is 736. The molecule has 0 bridgehead atoms. The van der Waals surface area contributed by atoms with Crippen molar-refractivity contribution in [3.63, 3.8) is 0 Å². The molecule has 2 aromatic carbocycles. The van der Waals surface area contributed by atoms with Crippen molar-refractivity contribution in [3.8, 4) is 22.6 Å². The fourth-order valence-corrected chi connectivity index (χ4v) is 2.37. The molecule has 0 unspecified atom stereocenters. The van der Waals surface area contributed by atoms with Crippen LogP contribution in [0.5, 0.6) is 11.5 Å². The van der Waals surface area contributed by atoms with Gasteiger partial charge >= 0.3 is 0 Å². The Morgan fingerprint density at radius 2 is 1.65 bits per heavy atom. The summed E-state index contributed by atoms with van der Waals surface area (Å²) >= 11 is 0. The van der Waals surface area contributed by atoms with E-state index in [9.17, 15) is 0 Å². The van der Waals surface area contributed by atoms with Gasteiger partial charge < -0.3 is 9.47 Å². The molecule has 0 aliphatic heterocycles. The van der Waals surface area contributed by atoms with Gasteiger partial charge in [0.1, 0.15) is 11.5 Å². The molecule has 20 heavy (non-hydrogen) atoms. The number of hydrogen-bond acceptors (Lipinski definition) is 3. The van der Waals surface area contributed by atoms with E-state index >= 15 is 0 Å². The maximum absolute atomic E-state index is 5.51. The molecule has 1 aromatic heterocycles. The van der Waals surface area contributed by atoms with Crippen LogP contribution in [0.15, 0.2) is 54.9 Å². The van der Waals surface area contributed by atoms with Crippen LogP contribution in [0.4, 0.5) is 0 Å². The third-order valence-electron chi connectivity index (χ3n) is 3.38. The van der Waals surface area contributed by atoms with Crippen molar-refractivity contribution in [2.45, 2.75) is 0 Å². The highest BCUT2D eigenvalue weighted by Crippen LogP contribution is 2.37. The molecule has 3 nitrogen and oxygen atoms in total. The van der Waals surface area contributed by atoms with Crippen molar-refractivity contribution >= 4 is 10.8 Å². The first-order valence-electron chi connectivity index (χ1n) is 6.38. The average molecular weight is 265 g/mol. The molecule has 0 spiro atoms. The van der Waals surface area contributed by atoms with Gasteiger partial charge in [0.05, 0.1) is 14.2 Å². The van der Waals surface area contributed by atoms with E-state index in [2.05, 4.69) is 4.98 Å². The fourth-order valence-electron chi connectivity index (χ4n) is 2.37. The fraction of sp³-hybridized carbons (Fsp3) is 0.118. The number of fused-ring (bicyclic) bond motifs is 1. The SMILES string of the molecule is COc1ccc(-c2c(OC)ccc3cnccc23)cc1. The molecule has 0 aliphatic rings. The van der Waals surface area contributed by atoms with Crippen LogP contribution in [0, 0.1) is 0 Å². The highest BCUT2D eigenvalue weighted by Gasteiger charge is 2.10. The van der Waals surface area contributed by atoms with E-state index < -0.39 is 0 Å². The minimum atomic E-state index is 0.842. The maximum Gasteiger partial charge on any atom is 0.127 e. The van der Waals surface area contributed by atoms with Crippen molar-refractivity contribution in [2.75, 3.05) is 14.2 Å². The molecule has 0 radical (unpaired) electrons. The monoisotopic (exact) mass is 265 g/mol. The highest BCUT2D eigenvalue weighted by atomic mass is 16.5. The second-order valence-electron chi connectivity index (χ2n) is 4.47. The summed E-state index contributed by atoms with van der Waals surface area (Å²) in [6.07, 6.45) is 3.66. The predicted molar refractivity (Wildman–Crippen MR) is 80.3 cm³/mol. The third-order valence-corrected chi connectivity index (χ3v) is 3.38. The number of rotatable bonds is 3. The van der Waals surface area contributed by atoms with E-state index in [-0.39, 0.29) is 0 Å². The van der Waals surface area contributed by atoms with Gasteiger partial charge in [-0.2, -0.15) is 0 Å². The quantitative estimate of drug-likeness (QED) is 0.719. The second kappa shape index (κ2) is 5.21. The van der Waals surface area contributed by atoms with E-state index in [0.717, 1.165) is 33.4 Å². The third kappa shape index (κ3) is 2.07. The molecule has 0 fully saturated rings. The molecule has 0 atom stereocenters. The zero-order chi connectivity index (χ0) is 13.9. The number of hydrogen-bond donors (Lipinski definition) is 0. The van der Waals surface area contributed by atoms with E-state index in [4.69, 9.17) is 9.47 Å². The Kier molecular flexibility index (Phi) is 3.25. The minimum Gasteiger partial charge on any atom is -0.497 e. The first-order chi connectivity index (χ1) is 9.83. The lowest BCUT2D eigenvalue weighted by molar-refractivity contribution is 0.414. The van der Waals surface area contributed by atoms with Gasteiger partial charge in [0, 0.05) is 23.3 Å². The summed E-state index contributed by atoms with van der Waals surface area (Å²) < 4.78 is 10.7. The van der Waals surface area contributed by atoms with Gasteiger partial charge in [-0.3, -0.25) is 4.98 Å². The van der Waals surface area contributed by atoms with Crippen LogP contribution in [0.2, 0.25) is 0 Å². The van der Waals surface area contributed by atoms with E-state index in [0.29, 0.717) is 0 Å². The zero-order valence-corrected chi connectivity index (χ0v) is 11.5. The maximum atomic E-state index is 5.51. The lowest BCUT2D eigenvalue weighted by Crippen LogP contribution is -1.90. The largest absolute Gasteiger partial charge is 0.497 e. The summed E-state index contributed by atoms with van der Waals surface area (Å²) in [5.74, 6) is 1.70. The lowest BCUT2D eigenvalue weighted by Gasteiger charge is -2.12. The molecule has 0 saturated carbocycles. The lowest BCUT2D eigenvalue weighted by atomic mass is 9.98. The summed E-state index contributed by atoms with van der Waals surface area (Å²) in [6, 6.07) is 14.0. The Labute approximate surface area is 117 Å². The van der Waals surface area contributed by atoms with Gasteiger partial charge in [-0.1, -0.05) is 12.1 Å². The molecule has 3 aromatic rings. The molecular weight excluding hydrogens is 250 g/mol. The van der Waals surface area contributed by atoms with Crippen LogP contribution >= 0.6 is 0 Å². The van der Waals surface area contributed by atoms with Crippen molar-refractivity contribution in [3.05, 3.63) is 54.9 Å². The predicted octanol–water partition coefficient (Wildman–Crippen LogP) is 3.92.